The Morgan fingerprint density at radius 2 is 1.93 bits per heavy atom. The van der Waals surface area contributed by atoms with Crippen LogP contribution in [0.25, 0.3) is 11.1 Å². The van der Waals surface area contributed by atoms with Gasteiger partial charge >= 0.3 is 12.1 Å². The molecular weight excluding hydrogens is 619 g/mol. The van der Waals surface area contributed by atoms with Gasteiger partial charge in [-0.15, -0.1) is 0 Å². The summed E-state index contributed by atoms with van der Waals surface area (Å²) in [4.78, 5) is 56.8. The van der Waals surface area contributed by atoms with Gasteiger partial charge in [0.1, 0.15) is 17.7 Å². The third-order valence-corrected chi connectivity index (χ3v) is 11.4. The summed E-state index contributed by atoms with van der Waals surface area (Å²) in [6.45, 7) is 0.469. The molecular formula is C31H37N5O7S2. The summed E-state index contributed by atoms with van der Waals surface area (Å²) in [5, 5.41) is 8.93. The van der Waals surface area contributed by atoms with E-state index in [-0.39, 0.29) is 31.3 Å². The van der Waals surface area contributed by atoms with Gasteiger partial charge in [0.2, 0.25) is 15.9 Å². The Bertz CT molecular complexity index is 1610. The Labute approximate surface area is 266 Å². The van der Waals surface area contributed by atoms with E-state index in [9.17, 15) is 27.6 Å². The quantitative estimate of drug-likeness (QED) is 0.401. The van der Waals surface area contributed by atoms with Crippen molar-refractivity contribution < 1.29 is 32.3 Å². The van der Waals surface area contributed by atoms with Crippen LogP contribution in [0.4, 0.5) is 15.3 Å². The van der Waals surface area contributed by atoms with Crippen molar-refractivity contribution in [2.24, 2.45) is 5.92 Å². The number of sulfonamides is 1. The molecule has 1 aromatic heterocycles. The minimum absolute atomic E-state index is 0.0144. The number of carbonyl (C=O) groups is 4. The highest BCUT2D eigenvalue weighted by atomic mass is 32.2. The predicted octanol–water partition coefficient (Wildman–Crippen LogP) is 3.68. The molecule has 14 heteroatoms. The van der Waals surface area contributed by atoms with Crippen LogP contribution in [-0.2, 0) is 24.3 Å². The lowest BCUT2D eigenvalue weighted by molar-refractivity contribution is -0.131. The molecule has 3 N–H and O–H groups in total. The van der Waals surface area contributed by atoms with E-state index in [0.717, 1.165) is 30.4 Å². The SMILES string of the molecule is CN1CCCC/C=C/[C@@H]2C[C@@]2(C(=O)NS(=O)(=O)C2CC2)NC(=O)[C@@H]2C[C@@H](OC(=O)Nc3ccccc3-c3ccsc3)CN2C1=O. The fraction of sp³-hybridized carbons (Fsp3) is 0.484. The summed E-state index contributed by atoms with van der Waals surface area (Å²) in [6, 6.07) is 7.87. The lowest BCUT2D eigenvalue weighted by Gasteiger charge is -2.30. The molecule has 4 atom stereocenters. The fourth-order valence-electron chi connectivity index (χ4n) is 6.05. The molecule has 3 heterocycles. The maximum atomic E-state index is 13.8. The number of urea groups is 1. The van der Waals surface area contributed by atoms with Crippen LogP contribution in [0.15, 0.2) is 53.2 Å². The van der Waals surface area contributed by atoms with E-state index >= 15 is 0 Å². The van der Waals surface area contributed by atoms with E-state index in [1.807, 2.05) is 41.1 Å². The smallest absolute Gasteiger partial charge is 0.411 e. The molecule has 2 saturated carbocycles. The second-order valence-electron chi connectivity index (χ2n) is 12.2. The first-order valence-electron chi connectivity index (χ1n) is 15.2. The predicted molar refractivity (Wildman–Crippen MR) is 169 cm³/mol. The number of amides is 5. The van der Waals surface area contributed by atoms with Crippen LogP contribution < -0.4 is 15.4 Å². The van der Waals surface area contributed by atoms with Crippen LogP contribution in [0.5, 0.6) is 0 Å². The molecule has 2 aliphatic carbocycles. The number of fused-ring (bicyclic) bond motifs is 2. The number of allylic oxidation sites excluding steroid dienone is 1. The van der Waals surface area contributed by atoms with Gasteiger partial charge in [-0.1, -0.05) is 30.4 Å². The van der Waals surface area contributed by atoms with Gasteiger partial charge in [0.05, 0.1) is 17.5 Å². The maximum Gasteiger partial charge on any atom is 0.411 e. The molecule has 12 nitrogen and oxygen atoms in total. The van der Waals surface area contributed by atoms with Crippen LogP contribution >= 0.6 is 11.3 Å². The van der Waals surface area contributed by atoms with Gasteiger partial charge in [-0.25, -0.2) is 18.0 Å². The van der Waals surface area contributed by atoms with Crippen molar-refractivity contribution in [2.45, 2.75) is 67.9 Å². The second kappa shape index (κ2) is 12.5. The average Bonchev–Trinajstić information content (AvgIpc) is 3.87. The minimum atomic E-state index is -3.83. The normalized spacial score (nSPS) is 27.8. The van der Waals surface area contributed by atoms with Crippen LogP contribution in [0.1, 0.15) is 44.9 Å². The number of nitrogens with one attached hydrogen (secondary N) is 3. The van der Waals surface area contributed by atoms with Crippen molar-refractivity contribution in [3.05, 3.63) is 53.2 Å². The molecule has 5 amide bonds. The van der Waals surface area contributed by atoms with Crippen molar-refractivity contribution in [1.82, 2.24) is 19.8 Å². The highest BCUT2D eigenvalue weighted by molar-refractivity contribution is 7.91. The Balaban J connectivity index is 1.20. The van der Waals surface area contributed by atoms with Crippen LogP contribution in [0, 0.1) is 5.92 Å². The van der Waals surface area contributed by atoms with E-state index < -0.39 is 50.9 Å². The molecule has 6 rings (SSSR count). The number of benzene rings is 1. The van der Waals surface area contributed by atoms with Gasteiger partial charge in [-0.3, -0.25) is 19.6 Å². The van der Waals surface area contributed by atoms with E-state index in [1.54, 1.807) is 35.4 Å². The molecule has 1 aromatic carbocycles. The standard InChI is InChI=1S/C31H37N5O7S2/c1-35-14-7-3-2-4-8-21-17-31(21,28(38)34-45(41,42)23-11-12-23)33-27(37)26-16-22(18-36(26)30(35)40)43-29(39)32-25-10-6-5-9-24(25)20-13-15-44-19-20/h4-6,8-10,13,15,19,21-23,26H,2-3,7,11-12,14,16-18H2,1H3,(H,32,39)(H,33,37)(H,34,38)/b8-4+/t21-,22-,26+,31-/m1/s1. The van der Waals surface area contributed by atoms with E-state index in [4.69, 9.17) is 4.74 Å². The summed E-state index contributed by atoms with van der Waals surface area (Å²) in [7, 11) is -2.17. The molecule has 240 valence electrons. The maximum absolute atomic E-state index is 13.8. The molecule has 4 aliphatic rings. The van der Waals surface area contributed by atoms with Gasteiger partial charge in [0.25, 0.3) is 5.91 Å². The number of carbonyl (C=O) groups excluding carboxylic acids is 4. The number of anilines is 1. The number of thiophene rings is 1. The third-order valence-electron chi connectivity index (χ3n) is 8.85. The van der Waals surface area contributed by atoms with Crippen molar-refractivity contribution in [2.75, 3.05) is 25.5 Å². The Hall–Kier alpha value is -3.91. The molecule has 2 aromatic rings. The average molecular weight is 656 g/mol. The summed E-state index contributed by atoms with van der Waals surface area (Å²) < 4.78 is 33.1. The van der Waals surface area contributed by atoms with Crippen molar-refractivity contribution in [3.8, 4) is 11.1 Å². The molecule has 0 bridgehead atoms. The Kier molecular flexibility index (Phi) is 8.61. The third kappa shape index (κ3) is 6.71. The van der Waals surface area contributed by atoms with Crippen LogP contribution in [0.3, 0.4) is 0 Å². The molecule has 0 unspecified atom stereocenters. The number of nitrogens with zero attached hydrogens (tertiary/aromatic N) is 2. The number of hydrogen-bond donors (Lipinski definition) is 3. The number of rotatable bonds is 6. The molecule has 2 aliphatic heterocycles. The lowest BCUT2D eigenvalue weighted by Crippen LogP contribution is -2.57. The second-order valence-corrected chi connectivity index (χ2v) is 14.9. The molecule has 0 radical (unpaired) electrons. The first-order chi connectivity index (χ1) is 21.6. The summed E-state index contributed by atoms with van der Waals surface area (Å²) in [6.07, 6.45) is 5.80. The van der Waals surface area contributed by atoms with Crippen LogP contribution in [0.2, 0.25) is 0 Å². The summed E-state index contributed by atoms with van der Waals surface area (Å²) >= 11 is 1.54. The fourth-order valence-corrected chi connectivity index (χ4v) is 8.07. The summed E-state index contributed by atoms with van der Waals surface area (Å²) in [5.41, 5.74) is 0.902. The monoisotopic (exact) mass is 655 g/mol. The zero-order chi connectivity index (χ0) is 31.8. The molecule has 1 saturated heterocycles. The first-order valence-corrected chi connectivity index (χ1v) is 17.7. The zero-order valence-corrected chi connectivity index (χ0v) is 26.6. The Morgan fingerprint density at radius 3 is 2.69 bits per heavy atom. The van der Waals surface area contributed by atoms with Crippen molar-refractivity contribution in [1.29, 1.82) is 0 Å². The van der Waals surface area contributed by atoms with Crippen molar-refractivity contribution in [3.63, 3.8) is 0 Å². The number of para-hydroxylation sites is 1. The highest BCUT2D eigenvalue weighted by Gasteiger charge is 2.62. The Morgan fingerprint density at radius 1 is 1.13 bits per heavy atom. The highest BCUT2D eigenvalue weighted by Crippen LogP contribution is 2.46. The largest absolute Gasteiger partial charge is 0.444 e. The van der Waals surface area contributed by atoms with E-state index in [2.05, 4.69) is 15.4 Å². The van der Waals surface area contributed by atoms with E-state index in [0.29, 0.717) is 25.1 Å². The van der Waals surface area contributed by atoms with Gasteiger partial charge in [0.15, 0.2) is 0 Å². The minimum Gasteiger partial charge on any atom is -0.444 e. The van der Waals surface area contributed by atoms with E-state index in [1.165, 1.54) is 4.90 Å². The topological polar surface area (TPSA) is 154 Å². The van der Waals surface area contributed by atoms with Gasteiger partial charge in [-0.2, -0.15) is 11.3 Å². The van der Waals surface area contributed by atoms with Crippen LogP contribution in [-0.4, -0.2) is 85.2 Å². The molecule has 3 fully saturated rings. The lowest BCUT2D eigenvalue weighted by atomic mass is 10.1. The summed E-state index contributed by atoms with van der Waals surface area (Å²) in [5.74, 6) is -1.75. The zero-order valence-electron chi connectivity index (χ0n) is 24.9. The van der Waals surface area contributed by atoms with Gasteiger partial charge in [0, 0.05) is 31.5 Å². The van der Waals surface area contributed by atoms with Gasteiger partial charge < -0.3 is 19.9 Å². The number of hydrogen-bond acceptors (Lipinski definition) is 8. The molecule has 45 heavy (non-hydrogen) atoms. The first kappa shape index (κ1) is 31.1. The number of ether oxygens (including phenoxy) is 1. The van der Waals surface area contributed by atoms with Gasteiger partial charge in [-0.05, 0) is 67.0 Å². The molecule has 0 spiro atoms. The van der Waals surface area contributed by atoms with Crippen molar-refractivity contribution >= 4 is 51.0 Å².